The summed E-state index contributed by atoms with van der Waals surface area (Å²) in [6, 6.07) is 16.6. The molecule has 1 saturated heterocycles. The van der Waals surface area contributed by atoms with Crippen molar-refractivity contribution in [2.24, 2.45) is 0 Å². The zero-order chi connectivity index (χ0) is 15.9. The van der Waals surface area contributed by atoms with E-state index in [9.17, 15) is 4.79 Å². The average molecular weight is 313 g/mol. The summed E-state index contributed by atoms with van der Waals surface area (Å²) in [6.07, 6.45) is -0.102. The normalized spacial score (nSPS) is 17.5. The van der Waals surface area contributed by atoms with E-state index in [1.54, 1.807) is 12.1 Å². The van der Waals surface area contributed by atoms with Gasteiger partial charge in [0.2, 0.25) is 0 Å². The fourth-order valence-corrected chi connectivity index (χ4v) is 2.31. The van der Waals surface area contributed by atoms with Crippen molar-refractivity contribution < 1.29 is 19.0 Å². The highest BCUT2D eigenvalue weighted by Crippen LogP contribution is 2.24. The van der Waals surface area contributed by atoms with Gasteiger partial charge in [0.1, 0.15) is 11.5 Å². The summed E-state index contributed by atoms with van der Waals surface area (Å²) in [5, 5.41) is 2.87. The van der Waals surface area contributed by atoms with E-state index in [-0.39, 0.29) is 12.0 Å². The number of carbonyl (C=O) groups is 1. The Bertz CT molecular complexity index is 638. The molecule has 1 N–H and O–H groups in total. The third-order valence-corrected chi connectivity index (χ3v) is 3.48. The van der Waals surface area contributed by atoms with Crippen molar-refractivity contribution in [3.05, 3.63) is 60.2 Å². The molecule has 0 unspecified atom stereocenters. The number of rotatable bonds is 5. The summed E-state index contributed by atoms with van der Waals surface area (Å²) in [5.41, 5.74) is 0.494. The van der Waals surface area contributed by atoms with Gasteiger partial charge in [0.15, 0.2) is 0 Å². The molecule has 0 radical (unpaired) electrons. The third-order valence-electron chi connectivity index (χ3n) is 3.48. The third kappa shape index (κ3) is 4.31. The Kier molecular flexibility index (Phi) is 5.24. The fraction of sp³-hybridized carbons (Fsp3) is 0.278. The van der Waals surface area contributed by atoms with Gasteiger partial charge in [-0.2, -0.15) is 0 Å². The van der Waals surface area contributed by atoms with E-state index in [2.05, 4.69) is 5.32 Å². The van der Waals surface area contributed by atoms with Crippen LogP contribution in [-0.2, 0) is 9.47 Å². The first-order chi connectivity index (χ1) is 11.3. The minimum atomic E-state index is -0.189. The Labute approximate surface area is 135 Å². The van der Waals surface area contributed by atoms with Gasteiger partial charge in [0.05, 0.1) is 31.5 Å². The van der Waals surface area contributed by atoms with E-state index >= 15 is 0 Å². The Hall–Kier alpha value is -2.37. The number of nitrogens with one attached hydrogen (secondary N) is 1. The molecule has 3 rings (SSSR count). The monoisotopic (exact) mass is 313 g/mol. The Balaban J connectivity index is 1.65. The van der Waals surface area contributed by atoms with Crippen LogP contribution in [0.25, 0.3) is 0 Å². The summed E-state index contributed by atoms with van der Waals surface area (Å²) in [6.45, 7) is 2.09. The standard InChI is InChI=1S/C18H19NO4/c20-18(19-12-15-13-21-10-11-22-15)16-8-4-5-9-17(16)23-14-6-2-1-3-7-14/h1-9,15H,10-13H2,(H,19,20)/t15-/m1/s1. The van der Waals surface area contributed by atoms with E-state index in [4.69, 9.17) is 14.2 Å². The van der Waals surface area contributed by atoms with E-state index < -0.39 is 0 Å². The van der Waals surface area contributed by atoms with E-state index in [1.165, 1.54) is 0 Å². The highest BCUT2D eigenvalue weighted by atomic mass is 16.6. The average Bonchev–Trinajstić information content (AvgIpc) is 2.62. The summed E-state index contributed by atoms with van der Waals surface area (Å²) < 4.78 is 16.6. The molecule has 5 nitrogen and oxygen atoms in total. The Morgan fingerprint density at radius 3 is 2.65 bits per heavy atom. The Morgan fingerprint density at radius 1 is 1.09 bits per heavy atom. The van der Waals surface area contributed by atoms with E-state index in [1.807, 2.05) is 42.5 Å². The number of hydrogen-bond donors (Lipinski definition) is 1. The predicted molar refractivity (Wildman–Crippen MR) is 85.9 cm³/mol. The number of para-hydroxylation sites is 2. The molecule has 23 heavy (non-hydrogen) atoms. The molecule has 0 bridgehead atoms. The quantitative estimate of drug-likeness (QED) is 0.922. The van der Waals surface area contributed by atoms with Crippen molar-refractivity contribution in [2.75, 3.05) is 26.4 Å². The van der Waals surface area contributed by atoms with Gasteiger partial charge in [-0.25, -0.2) is 0 Å². The first-order valence-electron chi connectivity index (χ1n) is 7.62. The minimum Gasteiger partial charge on any atom is -0.457 e. The molecule has 1 fully saturated rings. The molecule has 0 spiro atoms. The van der Waals surface area contributed by atoms with Crippen molar-refractivity contribution >= 4 is 5.91 Å². The SMILES string of the molecule is O=C(NC[C@@H]1COCCO1)c1ccccc1Oc1ccccc1. The van der Waals surface area contributed by atoms with Gasteiger partial charge in [-0.3, -0.25) is 4.79 Å². The summed E-state index contributed by atoms with van der Waals surface area (Å²) in [5.74, 6) is 1.03. The van der Waals surface area contributed by atoms with Crippen molar-refractivity contribution in [1.82, 2.24) is 5.32 Å². The summed E-state index contributed by atoms with van der Waals surface area (Å²) >= 11 is 0. The second-order valence-electron chi connectivity index (χ2n) is 5.19. The lowest BCUT2D eigenvalue weighted by Gasteiger charge is -2.23. The molecule has 1 aliphatic rings. The molecule has 1 atom stereocenters. The van der Waals surface area contributed by atoms with Crippen LogP contribution < -0.4 is 10.1 Å². The zero-order valence-corrected chi connectivity index (χ0v) is 12.7. The van der Waals surface area contributed by atoms with Crippen LogP contribution in [0.5, 0.6) is 11.5 Å². The summed E-state index contributed by atoms with van der Waals surface area (Å²) in [7, 11) is 0. The number of carbonyl (C=O) groups excluding carboxylic acids is 1. The zero-order valence-electron chi connectivity index (χ0n) is 12.7. The maximum absolute atomic E-state index is 12.4. The molecule has 2 aromatic rings. The minimum absolute atomic E-state index is 0.102. The van der Waals surface area contributed by atoms with Crippen molar-refractivity contribution in [3.63, 3.8) is 0 Å². The topological polar surface area (TPSA) is 56.8 Å². The highest BCUT2D eigenvalue weighted by Gasteiger charge is 2.17. The molecule has 120 valence electrons. The van der Waals surface area contributed by atoms with Crippen molar-refractivity contribution in [2.45, 2.75) is 6.10 Å². The summed E-state index contributed by atoms with van der Waals surface area (Å²) in [4.78, 5) is 12.4. The highest BCUT2D eigenvalue weighted by molar-refractivity contribution is 5.97. The van der Waals surface area contributed by atoms with Gasteiger partial charge < -0.3 is 19.5 Å². The predicted octanol–water partition coefficient (Wildman–Crippen LogP) is 2.62. The lowest BCUT2D eigenvalue weighted by Crippen LogP contribution is -2.39. The van der Waals surface area contributed by atoms with Gasteiger partial charge in [0, 0.05) is 6.54 Å². The lowest BCUT2D eigenvalue weighted by atomic mass is 10.2. The number of benzene rings is 2. The Morgan fingerprint density at radius 2 is 1.87 bits per heavy atom. The first-order valence-corrected chi connectivity index (χ1v) is 7.62. The van der Waals surface area contributed by atoms with Crippen LogP contribution in [0, 0.1) is 0 Å². The maximum Gasteiger partial charge on any atom is 0.255 e. The second kappa shape index (κ2) is 7.76. The number of hydrogen-bond acceptors (Lipinski definition) is 4. The largest absolute Gasteiger partial charge is 0.457 e. The van der Waals surface area contributed by atoms with Crippen LogP contribution in [0.4, 0.5) is 0 Å². The van der Waals surface area contributed by atoms with Gasteiger partial charge in [-0.1, -0.05) is 30.3 Å². The molecular weight excluding hydrogens is 294 g/mol. The van der Waals surface area contributed by atoms with Crippen molar-refractivity contribution in [3.8, 4) is 11.5 Å². The molecule has 0 aliphatic carbocycles. The molecule has 0 aromatic heterocycles. The van der Waals surface area contributed by atoms with Crippen LogP contribution in [0.15, 0.2) is 54.6 Å². The van der Waals surface area contributed by atoms with Gasteiger partial charge in [-0.05, 0) is 24.3 Å². The van der Waals surface area contributed by atoms with E-state index in [0.29, 0.717) is 43.4 Å². The van der Waals surface area contributed by atoms with Crippen molar-refractivity contribution in [1.29, 1.82) is 0 Å². The smallest absolute Gasteiger partial charge is 0.255 e. The fourth-order valence-electron chi connectivity index (χ4n) is 2.31. The molecule has 1 amide bonds. The molecule has 5 heteroatoms. The van der Waals surface area contributed by atoms with Gasteiger partial charge >= 0.3 is 0 Å². The molecule has 1 heterocycles. The van der Waals surface area contributed by atoms with Gasteiger partial charge in [-0.15, -0.1) is 0 Å². The maximum atomic E-state index is 12.4. The number of ether oxygens (including phenoxy) is 3. The lowest BCUT2D eigenvalue weighted by molar-refractivity contribution is -0.0855. The first kappa shape index (κ1) is 15.5. The molecule has 2 aromatic carbocycles. The van der Waals surface area contributed by atoms with Crippen LogP contribution in [0.3, 0.4) is 0 Å². The van der Waals surface area contributed by atoms with Crippen LogP contribution in [0.2, 0.25) is 0 Å². The second-order valence-corrected chi connectivity index (χ2v) is 5.19. The van der Waals surface area contributed by atoms with Crippen LogP contribution >= 0.6 is 0 Å². The van der Waals surface area contributed by atoms with E-state index in [0.717, 1.165) is 0 Å². The van der Waals surface area contributed by atoms with Crippen LogP contribution in [-0.4, -0.2) is 38.4 Å². The number of amides is 1. The van der Waals surface area contributed by atoms with Gasteiger partial charge in [0.25, 0.3) is 5.91 Å². The molecule has 0 saturated carbocycles. The molecular formula is C18H19NO4. The van der Waals surface area contributed by atoms with Crippen LogP contribution in [0.1, 0.15) is 10.4 Å². The molecule has 1 aliphatic heterocycles.